The molecule has 0 saturated carbocycles. The number of aromatic nitrogens is 1. The van der Waals surface area contributed by atoms with Crippen LogP contribution in [0.2, 0.25) is 0 Å². The topological polar surface area (TPSA) is 28.2 Å². The van der Waals surface area contributed by atoms with Crippen molar-refractivity contribution in [2.75, 3.05) is 18.0 Å². The van der Waals surface area contributed by atoms with Gasteiger partial charge in [0.15, 0.2) is 5.13 Å². The van der Waals surface area contributed by atoms with Crippen molar-refractivity contribution in [3.63, 3.8) is 0 Å². The molecule has 0 saturated heterocycles. The van der Waals surface area contributed by atoms with Crippen LogP contribution in [-0.2, 0) is 6.54 Å². The highest BCUT2D eigenvalue weighted by Gasteiger charge is 2.18. The molecule has 0 spiro atoms. The Balaban J connectivity index is 1.84. The molecular formula is C16H15N3S. The van der Waals surface area contributed by atoms with E-state index in [2.05, 4.69) is 52.7 Å². The highest BCUT2D eigenvalue weighted by atomic mass is 32.1. The molecule has 1 aliphatic rings. The fourth-order valence-corrected chi connectivity index (χ4v) is 3.64. The zero-order chi connectivity index (χ0) is 13.4. The molecule has 3 nitrogen and oxygen atoms in total. The van der Waals surface area contributed by atoms with Crippen molar-refractivity contribution in [1.29, 1.82) is 0 Å². The van der Waals surface area contributed by atoms with E-state index in [9.17, 15) is 0 Å². The first-order valence-electron chi connectivity index (χ1n) is 6.83. The molecule has 0 radical (unpaired) electrons. The van der Waals surface area contributed by atoms with Crippen LogP contribution >= 0.6 is 11.3 Å². The number of rotatable bonds is 1. The number of hydrogen-bond donors (Lipinski definition) is 1. The fourth-order valence-electron chi connectivity index (χ4n) is 2.63. The van der Waals surface area contributed by atoms with Gasteiger partial charge in [0.05, 0.1) is 10.2 Å². The summed E-state index contributed by atoms with van der Waals surface area (Å²) in [6.07, 6.45) is 0. The molecule has 1 aliphatic heterocycles. The van der Waals surface area contributed by atoms with Gasteiger partial charge in [-0.3, -0.25) is 0 Å². The van der Waals surface area contributed by atoms with Crippen molar-refractivity contribution >= 4 is 32.4 Å². The molecule has 0 aliphatic carbocycles. The van der Waals surface area contributed by atoms with Gasteiger partial charge in [-0.2, -0.15) is 0 Å². The lowest BCUT2D eigenvalue weighted by Gasteiger charge is -2.21. The van der Waals surface area contributed by atoms with Gasteiger partial charge in [0.2, 0.25) is 0 Å². The first-order valence-corrected chi connectivity index (χ1v) is 7.65. The zero-order valence-corrected chi connectivity index (χ0v) is 11.9. The number of nitrogens with one attached hydrogen (secondary N) is 1. The number of anilines is 2. The van der Waals surface area contributed by atoms with Crippen molar-refractivity contribution in [2.45, 2.75) is 6.54 Å². The van der Waals surface area contributed by atoms with Gasteiger partial charge < -0.3 is 10.2 Å². The van der Waals surface area contributed by atoms with Gasteiger partial charge in [-0.05, 0) is 23.8 Å². The molecule has 1 N–H and O–H groups in total. The third-order valence-electron chi connectivity index (χ3n) is 3.62. The Morgan fingerprint density at radius 1 is 1.05 bits per heavy atom. The molecule has 0 amide bonds. The Morgan fingerprint density at radius 2 is 1.90 bits per heavy atom. The maximum atomic E-state index is 4.79. The summed E-state index contributed by atoms with van der Waals surface area (Å²) in [5.74, 6) is 0. The Morgan fingerprint density at radius 3 is 2.85 bits per heavy atom. The second kappa shape index (κ2) is 4.89. The molecule has 4 heteroatoms. The van der Waals surface area contributed by atoms with Crippen LogP contribution in [0, 0.1) is 0 Å². The van der Waals surface area contributed by atoms with E-state index in [4.69, 9.17) is 4.98 Å². The highest BCUT2D eigenvalue weighted by Crippen LogP contribution is 2.35. The van der Waals surface area contributed by atoms with Crippen LogP contribution in [-0.4, -0.2) is 18.1 Å². The van der Waals surface area contributed by atoms with E-state index in [-0.39, 0.29) is 0 Å². The lowest BCUT2D eigenvalue weighted by atomic mass is 10.1. The monoisotopic (exact) mass is 281 g/mol. The molecule has 0 unspecified atom stereocenters. The standard InChI is InChI=1S/C16H15N3S/c1-3-7-14-12(5-1)11-17-9-10-19(14)16-18-13-6-2-4-8-15(13)20-16/h1-8,17H,9-11H2. The lowest BCUT2D eigenvalue weighted by Crippen LogP contribution is -2.24. The molecule has 100 valence electrons. The van der Waals surface area contributed by atoms with Crippen LogP contribution in [0.5, 0.6) is 0 Å². The Labute approximate surface area is 121 Å². The fraction of sp³-hybridized carbons (Fsp3) is 0.188. The summed E-state index contributed by atoms with van der Waals surface area (Å²) < 4.78 is 1.25. The number of benzene rings is 2. The van der Waals surface area contributed by atoms with E-state index in [0.717, 1.165) is 30.3 Å². The van der Waals surface area contributed by atoms with Gasteiger partial charge in [-0.25, -0.2) is 4.98 Å². The average molecular weight is 281 g/mol. The summed E-state index contributed by atoms with van der Waals surface area (Å²) in [6.45, 7) is 2.86. The molecule has 0 atom stereocenters. The summed E-state index contributed by atoms with van der Waals surface area (Å²) >= 11 is 1.76. The normalized spacial score (nSPS) is 15.1. The molecule has 3 aromatic rings. The number of fused-ring (bicyclic) bond motifs is 2. The van der Waals surface area contributed by atoms with Crippen molar-refractivity contribution in [1.82, 2.24) is 10.3 Å². The quantitative estimate of drug-likeness (QED) is 0.739. The minimum atomic E-state index is 0.928. The molecule has 2 aromatic carbocycles. The molecule has 20 heavy (non-hydrogen) atoms. The van der Waals surface area contributed by atoms with E-state index in [1.807, 2.05) is 6.07 Å². The maximum absolute atomic E-state index is 4.79. The molecule has 2 heterocycles. The summed E-state index contributed by atoms with van der Waals surface area (Å²) in [5.41, 5.74) is 3.70. The van der Waals surface area contributed by atoms with Crippen molar-refractivity contribution in [3.8, 4) is 0 Å². The smallest absolute Gasteiger partial charge is 0.191 e. The van der Waals surface area contributed by atoms with Crippen LogP contribution in [0.15, 0.2) is 48.5 Å². The van der Waals surface area contributed by atoms with Gasteiger partial charge in [-0.15, -0.1) is 0 Å². The number of hydrogen-bond acceptors (Lipinski definition) is 4. The van der Waals surface area contributed by atoms with Crippen LogP contribution in [0.25, 0.3) is 10.2 Å². The lowest BCUT2D eigenvalue weighted by molar-refractivity contribution is 0.712. The van der Waals surface area contributed by atoms with Gasteiger partial charge in [0.25, 0.3) is 0 Å². The Bertz CT molecular complexity index is 717. The maximum Gasteiger partial charge on any atom is 0.191 e. The summed E-state index contributed by atoms with van der Waals surface area (Å²) in [7, 11) is 0. The van der Waals surface area contributed by atoms with Crippen molar-refractivity contribution < 1.29 is 0 Å². The number of para-hydroxylation sites is 2. The van der Waals surface area contributed by atoms with Crippen molar-refractivity contribution in [2.24, 2.45) is 0 Å². The second-order valence-corrected chi connectivity index (χ2v) is 5.93. The molecule has 1 aromatic heterocycles. The van der Waals surface area contributed by atoms with Crippen LogP contribution < -0.4 is 10.2 Å². The first-order chi connectivity index (χ1) is 9.92. The summed E-state index contributed by atoms with van der Waals surface area (Å²) in [4.78, 5) is 7.13. The average Bonchev–Trinajstić information content (AvgIpc) is 2.80. The van der Waals surface area contributed by atoms with Gasteiger partial charge in [-0.1, -0.05) is 41.7 Å². The van der Waals surface area contributed by atoms with Gasteiger partial charge in [0, 0.05) is 25.3 Å². The molecule has 0 fully saturated rings. The van der Waals surface area contributed by atoms with Crippen molar-refractivity contribution in [3.05, 3.63) is 54.1 Å². The third-order valence-corrected chi connectivity index (χ3v) is 4.68. The molecule has 4 rings (SSSR count). The zero-order valence-electron chi connectivity index (χ0n) is 11.0. The Kier molecular flexibility index (Phi) is 2.90. The van der Waals surface area contributed by atoms with E-state index >= 15 is 0 Å². The molecule has 0 bridgehead atoms. The summed E-state index contributed by atoms with van der Waals surface area (Å²) in [6, 6.07) is 16.9. The summed E-state index contributed by atoms with van der Waals surface area (Å²) in [5, 5.41) is 4.56. The Hall–Kier alpha value is -1.91. The van der Waals surface area contributed by atoms with E-state index < -0.39 is 0 Å². The highest BCUT2D eigenvalue weighted by molar-refractivity contribution is 7.22. The third kappa shape index (κ3) is 1.97. The minimum absolute atomic E-state index is 0.928. The largest absolute Gasteiger partial charge is 0.316 e. The minimum Gasteiger partial charge on any atom is -0.316 e. The van der Waals surface area contributed by atoms with Crippen LogP contribution in [0.4, 0.5) is 10.8 Å². The van der Waals surface area contributed by atoms with E-state index in [0.29, 0.717) is 0 Å². The molecular weight excluding hydrogens is 266 g/mol. The van der Waals surface area contributed by atoms with Crippen LogP contribution in [0.1, 0.15) is 5.56 Å². The van der Waals surface area contributed by atoms with Gasteiger partial charge >= 0.3 is 0 Å². The van der Waals surface area contributed by atoms with Crippen LogP contribution in [0.3, 0.4) is 0 Å². The number of nitrogens with zero attached hydrogens (tertiary/aromatic N) is 2. The number of thiazole rings is 1. The van der Waals surface area contributed by atoms with Gasteiger partial charge in [0.1, 0.15) is 0 Å². The SMILES string of the molecule is c1ccc2c(c1)CNCCN2c1nc2ccccc2s1. The van der Waals surface area contributed by atoms with E-state index in [1.54, 1.807) is 11.3 Å². The second-order valence-electron chi connectivity index (χ2n) is 4.92. The first kappa shape index (κ1) is 11.9. The van der Waals surface area contributed by atoms with E-state index in [1.165, 1.54) is 16.0 Å². The predicted molar refractivity (Wildman–Crippen MR) is 84.8 cm³/mol. The predicted octanol–water partition coefficient (Wildman–Crippen LogP) is 3.54.